The van der Waals surface area contributed by atoms with Gasteiger partial charge in [-0.25, -0.2) is 0 Å². The Bertz CT molecular complexity index is 364. The summed E-state index contributed by atoms with van der Waals surface area (Å²) in [7, 11) is 0. The predicted molar refractivity (Wildman–Crippen MR) is 63.5 cm³/mol. The lowest BCUT2D eigenvalue weighted by atomic mass is 10.2. The summed E-state index contributed by atoms with van der Waals surface area (Å²) in [6.07, 6.45) is 1.63. The van der Waals surface area contributed by atoms with Crippen LogP contribution in [0.5, 0.6) is 5.75 Å². The molecule has 0 unspecified atom stereocenters. The van der Waals surface area contributed by atoms with E-state index in [1.165, 1.54) is 0 Å². The van der Waals surface area contributed by atoms with Crippen molar-refractivity contribution in [1.29, 1.82) is 0 Å². The van der Waals surface area contributed by atoms with Crippen LogP contribution in [0, 0.1) is 0 Å². The average Bonchev–Trinajstić information content (AvgIpc) is 2.33. The largest absolute Gasteiger partial charge is 0.489 e. The molecule has 0 bridgehead atoms. The van der Waals surface area contributed by atoms with Crippen molar-refractivity contribution >= 4 is 5.91 Å². The van der Waals surface area contributed by atoms with Crippen LogP contribution in [0.3, 0.4) is 0 Å². The van der Waals surface area contributed by atoms with E-state index in [4.69, 9.17) is 10.5 Å². The van der Waals surface area contributed by atoms with E-state index in [1.807, 2.05) is 6.07 Å². The van der Waals surface area contributed by atoms with Crippen LogP contribution in [-0.2, 0) is 0 Å². The predicted octanol–water partition coefficient (Wildman–Crippen LogP) is 0.940. The second-order valence-electron chi connectivity index (χ2n) is 3.14. The molecule has 0 saturated heterocycles. The Morgan fingerprint density at radius 3 is 2.94 bits per heavy atom. The molecule has 1 amide bonds. The topological polar surface area (TPSA) is 64.3 Å². The fraction of sp³-hybridized carbons (Fsp3) is 0.250. The van der Waals surface area contributed by atoms with Crippen LogP contribution in [0.1, 0.15) is 10.4 Å². The number of carbonyl (C=O) groups is 1. The van der Waals surface area contributed by atoms with Gasteiger partial charge in [0.25, 0.3) is 5.91 Å². The lowest BCUT2D eigenvalue weighted by molar-refractivity contribution is 0.0951. The molecule has 0 aromatic heterocycles. The zero-order valence-corrected chi connectivity index (χ0v) is 9.11. The van der Waals surface area contributed by atoms with Gasteiger partial charge in [-0.1, -0.05) is 24.8 Å². The van der Waals surface area contributed by atoms with Gasteiger partial charge in [0, 0.05) is 13.1 Å². The molecule has 1 aromatic carbocycles. The first-order valence-electron chi connectivity index (χ1n) is 5.10. The molecule has 0 saturated carbocycles. The van der Waals surface area contributed by atoms with Gasteiger partial charge in [-0.05, 0) is 12.1 Å². The first kappa shape index (κ1) is 12.3. The van der Waals surface area contributed by atoms with Crippen molar-refractivity contribution in [3.63, 3.8) is 0 Å². The van der Waals surface area contributed by atoms with Crippen molar-refractivity contribution < 1.29 is 9.53 Å². The minimum Gasteiger partial charge on any atom is -0.489 e. The van der Waals surface area contributed by atoms with Gasteiger partial charge < -0.3 is 15.8 Å². The molecule has 16 heavy (non-hydrogen) atoms. The zero-order valence-electron chi connectivity index (χ0n) is 9.11. The molecule has 4 heteroatoms. The molecule has 4 nitrogen and oxygen atoms in total. The van der Waals surface area contributed by atoms with E-state index >= 15 is 0 Å². The van der Waals surface area contributed by atoms with E-state index < -0.39 is 0 Å². The second kappa shape index (κ2) is 6.63. The molecule has 0 spiro atoms. The summed E-state index contributed by atoms with van der Waals surface area (Å²) in [5.41, 5.74) is 5.83. The number of amides is 1. The van der Waals surface area contributed by atoms with Crippen LogP contribution in [0.2, 0.25) is 0 Å². The Labute approximate surface area is 95.1 Å². The lowest BCUT2D eigenvalue weighted by Gasteiger charge is -2.09. The lowest BCUT2D eigenvalue weighted by Crippen LogP contribution is -2.29. The SMILES string of the molecule is C=CCOc1ccccc1C(=O)NCCN. The third-order valence-corrected chi connectivity index (χ3v) is 1.92. The van der Waals surface area contributed by atoms with E-state index in [2.05, 4.69) is 11.9 Å². The van der Waals surface area contributed by atoms with Gasteiger partial charge >= 0.3 is 0 Å². The van der Waals surface area contributed by atoms with Gasteiger partial charge in [-0.15, -0.1) is 0 Å². The van der Waals surface area contributed by atoms with Crippen molar-refractivity contribution in [2.45, 2.75) is 0 Å². The number of nitrogens with two attached hydrogens (primary N) is 1. The van der Waals surface area contributed by atoms with Gasteiger partial charge in [0.2, 0.25) is 0 Å². The maximum absolute atomic E-state index is 11.7. The van der Waals surface area contributed by atoms with E-state index in [1.54, 1.807) is 24.3 Å². The number of ether oxygens (including phenoxy) is 1. The molecule has 1 aromatic rings. The summed E-state index contributed by atoms with van der Waals surface area (Å²) in [5, 5.41) is 2.70. The minimum atomic E-state index is -0.176. The maximum atomic E-state index is 11.7. The third kappa shape index (κ3) is 3.40. The van der Waals surface area contributed by atoms with Crippen LogP contribution < -0.4 is 15.8 Å². The molecule has 0 aliphatic heterocycles. The van der Waals surface area contributed by atoms with Crippen LogP contribution in [0.15, 0.2) is 36.9 Å². The van der Waals surface area contributed by atoms with Gasteiger partial charge in [0.1, 0.15) is 12.4 Å². The Balaban J connectivity index is 2.76. The Morgan fingerprint density at radius 2 is 2.25 bits per heavy atom. The zero-order chi connectivity index (χ0) is 11.8. The molecule has 1 rings (SSSR count). The van der Waals surface area contributed by atoms with Crippen molar-refractivity contribution in [1.82, 2.24) is 5.32 Å². The smallest absolute Gasteiger partial charge is 0.255 e. The number of hydrogen-bond acceptors (Lipinski definition) is 3. The van der Waals surface area contributed by atoms with Gasteiger partial charge in [0.05, 0.1) is 5.56 Å². The number of nitrogens with one attached hydrogen (secondary N) is 1. The summed E-state index contributed by atoms with van der Waals surface area (Å²) in [6, 6.07) is 7.07. The second-order valence-corrected chi connectivity index (χ2v) is 3.14. The summed E-state index contributed by atoms with van der Waals surface area (Å²) >= 11 is 0. The normalized spacial score (nSPS) is 9.56. The molecule has 86 valence electrons. The van der Waals surface area contributed by atoms with Gasteiger partial charge in [-0.3, -0.25) is 4.79 Å². The molecule has 3 N–H and O–H groups in total. The number of benzene rings is 1. The minimum absolute atomic E-state index is 0.176. The first-order chi connectivity index (χ1) is 7.79. The first-order valence-corrected chi connectivity index (χ1v) is 5.10. The summed E-state index contributed by atoms with van der Waals surface area (Å²) < 4.78 is 5.38. The number of rotatable bonds is 6. The summed E-state index contributed by atoms with van der Waals surface area (Å²) in [5.74, 6) is 0.377. The molecule has 0 fully saturated rings. The van der Waals surface area contributed by atoms with Crippen molar-refractivity contribution in [2.24, 2.45) is 5.73 Å². The molecule has 0 radical (unpaired) electrons. The highest BCUT2D eigenvalue weighted by Gasteiger charge is 2.10. The van der Waals surface area contributed by atoms with E-state index in [9.17, 15) is 4.79 Å². The highest BCUT2D eigenvalue weighted by atomic mass is 16.5. The molecular weight excluding hydrogens is 204 g/mol. The fourth-order valence-corrected chi connectivity index (χ4v) is 1.21. The summed E-state index contributed by atoms with van der Waals surface area (Å²) in [6.45, 7) is 4.81. The Hall–Kier alpha value is -1.81. The van der Waals surface area contributed by atoms with E-state index in [-0.39, 0.29) is 5.91 Å². The standard InChI is InChI=1S/C12H16N2O2/c1-2-9-16-11-6-4-3-5-10(11)12(15)14-8-7-13/h2-6H,1,7-9,13H2,(H,14,15). The van der Waals surface area contributed by atoms with Crippen molar-refractivity contribution in [2.75, 3.05) is 19.7 Å². The Morgan fingerprint density at radius 1 is 1.50 bits per heavy atom. The molecular formula is C12H16N2O2. The average molecular weight is 220 g/mol. The number of para-hydroxylation sites is 1. The fourth-order valence-electron chi connectivity index (χ4n) is 1.21. The summed E-state index contributed by atoms with van der Waals surface area (Å²) in [4.78, 5) is 11.7. The third-order valence-electron chi connectivity index (χ3n) is 1.92. The van der Waals surface area contributed by atoms with Crippen LogP contribution in [0.4, 0.5) is 0 Å². The molecule has 0 aliphatic rings. The quantitative estimate of drug-likeness (QED) is 0.701. The molecule has 0 heterocycles. The van der Waals surface area contributed by atoms with Crippen molar-refractivity contribution in [3.8, 4) is 5.75 Å². The van der Waals surface area contributed by atoms with E-state index in [0.29, 0.717) is 31.0 Å². The highest BCUT2D eigenvalue weighted by molar-refractivity contribution is 5.96. The van der Waals surface area contributed by atoms with Crippen LogP contribution >= 0.6 is 0 Å². The Kier molecular flexibility index (Phi) is 5.08. The van der Waals surface area contributed by atoms with Crippen molar-refractivity contribution in [3.05, 3.63) is 42.5 Å². The van der Waals surface area contributed by atoms with Gasteiger partial charge in [0.15, 0.2) is 0 Å². The maximum Gasteiger partial charge on any atom is 0.255 e. The van der Waals surface area contributed by atoms with E-state index in [0.717, 1.165) is 0 Å². The highest BCUT2D eigenvalue weighted by Crippen LogP contribution is 2.17. The van der Waals surface area contributed by atoms with Crippen LogP contribution in [0.25, 0.3) is 0 Å². The number of hydrogen-bond donors (Lipinski definition) is 2. The van der Waals surface area contributed by atoms with Crippen LogP contribution in [-0.4, -0.2) is 25.6 Å². The van der Waals surface area contributed by atoms with Gasteiger partial charge in [-0.2, -0.15) is 0 Å². The molecule has 0 atom stereocenters. The molecule has 0 aliphatic carbocycles. The monoisotopic (exact) mass is 220 g/mol. The number of carbonyl (C=O) groups excluding carboxylic acids is 1.